The number of nitrogens with zero attached hydrogens (tertiary/aromatic N) is 3. The molecule has 0 bridgehead atoms. The Morgan fingerprint density at radius 2 is 1.91 bits per heavy atom. The van der Waals surface area contributed by atoms with Crippen LogP contribution in [0.1, 0.15) is 50.8 Å². The lowest BCUT2D eigenvalue weighted by Crippen LogP contribution is -2.44. The average Bonchev–Trinajstić information content (AvgIpc) is 3.28. The zero-order chi connectivity index (χ0) is 24.3. The molecule has 2 unspecified atom stereocenters. The first kappa shape index (κ1) is 24.3. The second kappa shape index (κ2) is 9.68. The Balaban J connectivity index is 1.86. The molecule has 2 amide bonds. The standard InChI is InChI=1S/C23H32N4O6/c1-7-31-17-10-9-11-27-18(14(3)24-19(17)27)20(28)25-16-13-26(22(30)33-23(4,5)6)12-15(16)21(29)32-8-2/h9-11,15-16H,7-8,12-13H2,1-6H3,(H,25,28). The highest BCUT2D eigenvalue weighted by Crippen LogP contribution is 2.25. The van der Waals surface area contributed by atoms with Crippen molar-refractivity contribution >= 4 is 23.6 Å². The molecule has 1 fully saturated rings. The summed E-state index contributed by atoms with van der Waals surface area (Å²) in [6.07, 6.45) is 1.19. The minimum absolute atomic E-state index is 0.0965. The third kappa shape index (κ3) is 5.37. The molecule has 2 aromatic rings. The number of nitrogens with one attached hydrogen (secondary N) is 1. The van der Waals surface area contributed by atoms with Crippen molar-refractivity contribution in [3.63, 3.8) is 0 Å². The maximum Gasteiger partial charge on any atom is 0.410 e. The number of esters is 1. The van der Waals surface area contributed by atoms with Gasteiger partial charge in [0.25, 0.3) is 5.91 Å². The first-order chi connectivity index (χ1) is 15.6. The first-order valence-corrected chi connectivity index (χ1v) is 11.1. The van der Waals surface area contributed by atoms with E-state index < -0.39 is 35.5 Å². The van der Waals surface area contributed by atoms with E-state index in [0.717, 1.165) is 0 Å². The van der Waals surface area contributed by atoms with Crippen molar-refractivity contribution in [1.82, 2.24) is 19.6 Å². The van der Waals surface area contributed by atoms with Gasteiger partial charge in [-0.2, -0.15) is 0 Å². The molecule has 3 heterocycles. The topological polar surface area (TPSA) is 111 Å². The minimum atomic E-state index is -0.708. The van der Waals surface area contributed by atoms with E-state index in [9.17, 15) is 14.4 Å². The normalized spacial score (nSPS) is 18.3. The second-order valence-corrected chi connectivity index (χ2v) is 8.87. The predicted octanol–water partition coefficient (Wildman–Crippen LogP) is 2.57. The van der Waals surface area contributed by atoms with Gasteiger partial charge < -0.3 is 24.4 Å². The minimum Gasteiger partial charge on any atom is -0.490 e. The molecule has 10 heteroatoms. The summed E-state index contributed by atoms with van der Waals surface area (Å²) in [5.41, 5.74) is 0.717. The second-order valence-electron chi connectivity index (χ2n) is 8.87. The molecule has 3 rings (SSSR count). The van der Waals surface area contributed by atoms with Crippen molar-refractivity contribution in [3.05, 3.63) is 29.7 Å². The van der Waals surface area contributed by atoms with Crippen molar-refractivity contribution < 1.29 is 28.6 Å². The molecular formula is C23H32N4O6. The van der Waals surface area contributed by atoms with Crippen LogP contribution >= 0.6 is 0 Å². The number of pyridine rings is 1. The van der Waals surface area contributed by atoms with Crippen molar-refractivity contribution in [2.45, 2.75) is 53.2 Å². The summed E-state index contributed by atoms with van der Waals surface area (Å²) in [5, 5.41) is 2.91. The number of likely N-dealkylation sites (tertiary alicyclic amines) is 1. The number of imidazole rings is 1. The van der Waals surface area contributed by atoms with E-state index in [1.54, 1.807) is 57.3 Å². The van der Waals surface area contributed by atoms with Crippen LogP contribution < -0.4 is 10.1 Å². The van der Waals surface area contributed by atoms with E-state index in [-0.39, 0.29) is 19.7 Å². The van der Waals surface area contributed by atoms with Gasteiger partial charge in [-0.1, -0.05) is 0 Å². The van der Waals surface area contributed by atoms with Gasteiger partial charge in [0, 0.05) is 19.3 Å². The highest BCUT2D eigenvalue weighted by Gasteiger charge is 2.43. The fourth-order valence-corrected chi connectivity index (χ4v) is 3.85. The third-order valence-electron chi connectivity index (χ3n) is 5.18. The summed E-state index contributed by atoms with van der Waals surface area (Å²) in [6, 6.07) is 2.93. The summed E-state index contributed by atoms with van der Waals surface area (Å²) < 4.78 is 17.9. The van der Waals surface area contributed by atoms with Gasteiger partial charge in [0.1, 0.15) is 11.3 Å². The molecule has 1 aliphatic heterocycles. The van der Waals surface area contributed by atoms with Crippen LogP contribution in [0.2, 0.25) is 0 Å². The maximum absolute atomic E-state index is 13.3. The Bertz CT molecular complexity index is 1040. The summed E-state index contributed by atoms with van der Waals surface area (Å²) in [7, 11) is 0. The van der Waals surface area contributed by atoms with Gasteiger partial charge in [0.2, 0.25) is 0 Å². The molecule has 0 aliphatic carbocycles. The van der Waals surface area contributed by atoms with Crippen LogP contribution in [0.15, 0.2) is 18.3 Å². The molecule has 1 aliphatic rings. The summed E-state index contributed by atoms with van der Waals surface area (Å²) in [4.78, 5) is 44.4. The van der Waals surface area contributed by atoms with Crippen LogP contribution in [-0.2, 0) is 14.3 Å². The zero-order valence-electron chi connectivity index (χ0n) is 20.0. The number of ether oxygens (including phenoxy) is 3. The van der Waals surface area contributed by atoms with Crippen LogP contribution in [0.25, 0.3) is 5.65 Å². The molecule has 180 valence electrons. The maximum atomic E-state index is 13.3. The Morgan fingerprint density at radius 3 is 2.55 bits per heavy atom. The van der Waals surface area contributed by atoms with E-state index in [1.165, 1.54) is 4.90 Å². The quantitative estimate of drug-likeness (QED) is 0.660. The predicted molar refractivity (Wildman–Crippen MR) is 120 cm³/mol. The fraction of sp³-hybridized carbons (Fsp3) is 0.565. The van der Waals surface area contributed by atoms with Crippen molar-refractivity contribution in [2.24, 2.45) is 5.92 Å². The molecule has 0 saturated carbocycles. The smallest absolute Gasteiger partial charge is 0.410 e. The number of carbonyl (C=O) groups is 3. The number of hydrogen-bond donors (Lipinski definition) is 1. The van der Waals surface area contributed by atoms with E-state index in [1.807, 2.05) is 6.92 Å². The largest absolute Gasteiger partial charge is 0.490 e. The molecule has 2 atom stereocenters. The molecule has 0 aromatic carbocycles. The number of rotatable bonds is 6. The molecular weight excluding hydrogens is 428 g/mol. The van der Waals surface area contributed by atoms with Gasteiger partial charge in [-0.25, -0.2) is 9.78 Å². The number of carbonyl (C=O) groups excluding carboxylic acids is 3. The lowest BCUT2D eigenvalue weighted by Gasteiger charge is -2.24. The van der Waals surface area contributed by atoms with Gasteiger partial charge in [-0.3, -0.25) is 14.0 Å². The molecule has 1 saturated heterocycles. The van der Waals surface area contributed by atoms with Crippen molar-refractivity contribution in [3.8, 4) is 5.75 Å². The SMILES string of the molecule is CCOC(=O)C1CN(C(=O)OC(C)(C)C)CC1NC(=O)c1c(C)nc2c(OCC)cccn12. The lowest BCUT2D eigenvalue weighted by molar-refractivity contribution is -0.148. The highest BCUT2D eigenvalue weighted by molar-refractivity contribution is 5.95. The Morgan fingerprint density at radius 1 is 1.18 bits per heavy atom. The Hall–Kier alpha value is -3.30. The van der Waals surface area contributed by atoms with E-state index >= 15 is 0 Å². The molecule has 0 radical (unpaired) electrons. The summed E-state index contributed by atoms with van der Waals surface area (Å²) in [6.45, 7) is 11.5. The monoisotopic (exact) mass is 460 g/mol. The van der Waals surface area contributed by atoms with E-state index in [4.69, 9.17) is 14.2 Å². The fourth-order valence-electron chi connectivity index (χ4n) is 3.85. The molecule has 0 spiro atoms. The summed E-state index contributed by atoms with van der Waals surface area (Å²) in [5.74, 6) is -1.01. The van der Waals surface area contributed by atoms with Crippen LogP contribution in [-0.4, -0.2) is 70.2 Å². The summed E-state index contributed by atoms with van der Waals surface area (Å²) >= 11 is 0. The average molecular weight is 461 g/mol. The van der Waals surface area contributed by atoms with Gasteiger partial charge in [-0.15, -0.1) is 0 Å². The van der Waals surface area contributed by atoms with Crippen molar-refractivity contribution in [1.29, 1.82) is 0 Å². The zero-order valence-corrected chi connectivity index (χ0v) is 20.0. The van der Waals surface area contributed by atoms with E-state index in [2.05, 4.69) is 10.3 Å². The molecule has 10 nitrogen and oxygen atoms in total. The van der Waals surface area contributed by atoms with E-state index in [0.29, 0.717) is 29.4 Å². The van der Waals surface area contributed by atoms with Gasteiger partial charge in [0.15, 0.2) is 11.4 Å². The van der Waals surface area contributed by atoms with Gasteiger partial charge in [0.05, 0.1) is 30.9 Å². The molecule has 2 aromatic heterocycles. The Kier molecular flexibility index (Phi) is 7.14. The van der Waals surface area contributed by atoms with Crippen molar-refractivity contribution in [2.75, 3.05) is 26.3 Å². The van der Waals surface area contributed by atoms with Crippen LogP contribution in [0.5, 0.6) is 5.75 Å². The van der Waals surface area contributed by atoms with Crippen LogP contribution in [0, 0.1) is 12.8 Å². The van der Waals surface area contributed by atoms with Gasteiger partial charge in [-0.05, 0) is 53.7 Å². The number of aryl methyl sites for hydroxylation is 1. The number of fused-ring (bicyclic) bond motifs is 1. The Labute approximate surface area is 193 Å². The number of hydrogen-bond acceptors (Lipinski definition) is 7. The van der Waals surface area contributed by atoms with Crippen LogP contribution in [0.3, 0.4) is 0 Å². The molecule has 33 heavy (non-hydrogen) atoms. The third-order valence-corrected chi connectivity index (χ3v) is 5.18. The van der Waals surface area contributed by atoms with Crippen LogP contribution in [0.4, 0.5) is 4.79 Å². The van der Waals surface area contributed by atoms with Gasteiger partial charge >= 0.3 is 12.1 Å². The lowest BCUT2D eigenvalue weighted by atomic mass is 10.0. The number of aromatic nitrogens is 2. The highest BCUT2D eigenvalue weighted by atomic mass is 16.6. The first-order valence-electron chi connectivity index (χ1n) is 11.1. The number of amides is 2. The molecule has 1 N–H and O–H groups in total.